The van der Waals surface area contributed by atoms with Gasteiger partial charge in [-0.15, -0.1) is 0 Å². The number of halogens is 3. The van der Waals surface area contributed by atoms with Crippen LogP contribution in [0.5, 0.6) is 0 Å². The number of aromatic nitrogens is 2. The molecule has 2 aromatic rings. The zero-order chi connectivity index (χ0) is 24.5. The van der Waals surface area contributed by atoms with Crippen molar-refractivity contribution in [2.24, 2.45) is 0 Å². The molecule has 0 bridgehead atoms. The van der Waals surface area contributed by atoms with Gasteiger partial charge in [0.15, 0.2) is 18.3 Å². The number of piperazine rings is 1. The number of aldehydes is 1. The summed E-state index contributed by atoms with van der Waals surface area (Å²) in [7, 11) is -4.39. The zero-order valence-electron chi connectivity index (χ0n) is 18.3. The SMILES string of the molecule is Cc1nc(-c2ccc(N3CC(CN4CCN(S(=O)(=O)CC(F)(F)F)CC4)OC3C=O)cc2)no1. The highest BCUT2D eigenvalue weighted by molar-refractivity contribution is 7.89. The van der Waals surface area contributed by atoms with E-state index >= 15 is 0 Å². The highest BCUT2D eigenvalue weighted by atomic mass is 32.2. The molecule has 34 heavy (non-hydrogen) atoms. The summed E-state index contributed by atoms with van der Waals surface area (Å²) in [4.78, 5) is 19.5. The number of carbonyl (C=O) groups is 1. The van der Waals surface area contributed by atoms with Gasteiger partial charge in [-0.05, 0) is 24.3 Å². The predicted molar refractivity (Wildman–Crippen MR) is 114 cm³/mol. The normalized spacial score (nSPS) is 22.9. The molecule has 186 valence electrons. The number of rotatable bonds is 7. The standard InChI is InChI=1S/C20H24F3N5O5S/c1-14-24-19(25-33-14)15-2-4-16(5-3-15)28-11-17(32-18(28)12-29)10-26-6-8-27(9-7-26)34(30,31)13-20(21,22)23/h2-5,12,17-18H,6-11,13H2,1H3. The van der Waals surface area contributed by atoms with Gasteiger partial charge in [0.1, 0.15) is 0 Å². The van der Waals surface area contributed by atoms with Gasteiger partial charge in [-0.2, -0.15) is 22.5 Å². The van der Waals surface area contributed by atoms with Crippen molar-refractivity contribution < 1.29 is 35.6 Å². The van der Waals surface area contributed by atoms with Crippen LogP contribution in [0.3, 0.4) is 0 Å². The molecule has 2 aliphatic heterocycles. The van der Waals surface area contributed by atoms with Crippen LogP contribution in [0, 0.1) is 6.92 Å². The molecule has 1 aromatic heterocycles. The maximum Gasteiger partial charge on any atom is 0.404 e. The number of sulfonamides is 1. The Labute approximate surface area is 194 Å². The fourth-order valence-corrected chi connectivity index (χ4v) is 5.41. The van der Waals surface area contributed by atoms with Gasteiger partial charge in [0.05, 0.1) is 6.10 Å². The zero-order valence-corrected chi connectivity index (χ0v) is 19.1. The van der Waals surface area contributed by atoms with Crippen LogP contribution in [-0.4, -0.2) is 97.6 Å². The third kappa shape index (κ3) is 5.74. The number of anilines is 1. The Morgan fingerprint density at radius 2 is 1.82 bits per heavy atom. The number of hydrogen-bond acceptors (Lipinski definition) is 9. The van der Waals surface area contributed by atoms with Gasteiger partial charge in [-0.1, -0.05) is 5.16 Å². The van der Waals surface area contributed by atoms with Crippen LogP contribution in [0.15, 0.2) is 28.8 Å². The van der Waals surface area contributed by atoms with E-state index < -0.39 is 28.2 Å². The first kappa shape index (κ1) is 24.6. The molecule has 0 aliphatic carbocycles. The number of aryl methyl sites for hydroxylation is 1. The lowest BCUT2D eigenvalue weighted by Gasteiger charge is -2.35. The third-order valence-electron chi connectivity index (χ3n) is 5.67. The van der Waals surface area contributed by atoms with Crippen LogP contribution in [0.2, 0.25) is 0 Å². The first-order valence-corrected chi connectivity index (χ1v) is 12.2. The van der Waals surface area contributed by atoms with Crippen LogP contribution in [0.4, 0.5) is 18.9 Å². The largest absolute Gasteiger partial charge is 0.404 e. The second kappa shape index (κ2) is 9.60. The Morgan fingerprint density at radius 1 is 1.15 bits per heavy atom. The average Bonchev–Trinajstić information content (AvgIpc) is 3.38. The molecule has 14 heteroatoms. The second-order valence-electron chi connectivity index (χ2n) is 8.19. The lowest BCUT2D eigenvalue weighted by Crippen LogP contribution is -2.52. The summed E-state index contributed by atoms with van der Waals surface area (Å²) in [5.41, 5.74) is 1.53. The van der Waals surface area contributed by atoms with Gasteiger partial charge in [0.2, 0.25) is 21.7 Å². The second-order valence-corrected chi connectivity index (χ2v) is 10.2. The van der Waals surface area contributed by atoms with Crippen molar-refractivity contribution in [1.82, 2.24) is 19.3 Å². The first-order chi connectivity index (χ1) is 16.0. The number of benzene rings is 1. The molecule has 0 amide bonds. The minimum Gasteiger partial charge on any atom is -0.345 e. The van der Waals surface area contributed by atoms with Gasteiger partial charge in [-0.3, -0.25) is 9.69 Å². The summed E-state index contributed by atoms with van der Waals surface area (Å²) in [5, 5.41) is 3.88. The molecule has 2 unspecified atom stereocenters. The average molecular weight is 504 g/mol. The molecule has 0 N–H and O–H groups in total. The fraction of sp³-hybridized carbons (Fsp3) is 0.550. The molecule has 1 aromatic carbocycles. The molecular formula is C20H24F3N5O5S. The maximum absolute atomic E-state index is 12.5. The topological polar surface area (TPSA) is 109 Å². The van der Waals surface area contributed by atoms with Gasteiger partial charge in [0.25, 0.3) is 0 Å². The third-order valence-corrected chi connectivity index (χ3v) is 7.52. The lowest BCUT2D eigenvalue weighted by atomic mass is 10.1. The van der Waals surface area contributed by atoms with E-state index in [1.54, 1.807) is 6.92 Å². The van der Waals surface area contributed by atoms with Crippen molar-refractivity contribution in [1.29, 1.82) is 0 Å². The highest BCUT2D eigenvalue weighted by Gasteiger charge is 2.40. The van der Waals surface area contributed by atoms with Gasteiger partial charge < -0.3 is 14.2 Å². The quantitative estimate of drug-likeness (QED) is 0.516. The minimum absolute atomic E-state index is 0.0248. The number of alkyl halides is 3. The first-order valence-electron chi connectivity index (χ1n) is 10.6. The molecule has 2 saturated heterocycles. The number of ether oxygens (including phenoxy) is 1. The van der Waals surface area contributed by atoms with Crippen LogP contribution in [0.25, 0.3) is 11.4 Å². The Balaban J connectivity index is 1.33. The maximum atomic E-state index is 12.5. The monoisotopic (exact) mass is 503 g/mol. The van der Waals surface area contributed by atoms with Gasteiger partial charge >= 0.3 is 6.18 Å². The number of carbonyl (C=O) groups excluding carboxylic acids is 1. The van der Waals surface area contributed by atoms with E-state index in [-0.39, 0.29) is 32.3 Å². The van der Waals surface area contributed by atoms with Crippen LogP contribution in [-0.2, 0) is 19.6 Å². The molecule has 2 fully saturated rings. The van der Waals surface area contributed by atoms with Crippen LogP contribution in [0.1, 0.15) is 5.89 Å². The molecular weight excluding hydrogens is 479 g/mol. The fourth-order valence-electron chi connectivity index (χ4n) is 4.09. The van der Waals surface area contributed by atoms with Crippen molar-refractivity contribution in [3.8, 4) is 11.4 Å². The molecule has 10 nitrogen and oxygen atoms in total. The van der Waals surface area contributed by atoms with Crippen LogP contribution < -0.4 is 4.90 Å². The molecule has 0 saturated carbocycles. The Kier molecular flexibility index (Phi) is 6.94. The molecule has 0 spiro atoms. The van der Waals surface area contributed by atoms with E-state index in [0.29, 0.717) is 31.1 Å². The Bertz CT molecular complexity index is 1100. The highest BCUT2D eigenvalue weighted by Crippen LogP contribution is 2.27. The van der Waals surface area contributed by atoms with E-state index in [4.69, 9.17) is 9.26 Å². The van der Waals surface area contributed by atoms with E-state index in [1.807, 2.05) is 34.1 Å². The van der Waals surface area contributed by atoms with Gasteiger partial charge in [-0.25, -0.2) is 8.42 Å². The Hall–Kier alpha value is -2.55. The Morgan fingerprint density at radius 3 is 2.38 bits per heavy atom. The van der Waals surface area contributed by atoms with Crippen molar-refractivity contribution in [3.63, 3.8) is 0 Å². The van der Waals surface area contributed by atoms with Crippen molar-refractivity contribution in [2.45, 2.75) is 25.4 Å². The molecule has 3 heterocycles. The number of hydrogen-bond donors (Lipinski definition) is 0. The van der Waals surface area contributed by atoms with Crippen LogP contribution >= 0.6 is 0 Å². The minimum atomic E-state index is -4.77. The molecule has 2 aliphatic rings. The summed E-state index contributed by atoms with van der Waals surface area (Å²) in [6.45, 7) is 3.06. The predicted octanol–water partition coefficient (Wildman–Crippen LogP) is 1.28. The molecule has 4 rings (SSSR count). The van der Waals surface area contributed by atoms with E-state index in [9.17, 15) is 26.4 Å². The van der Waals surface area contributed by atoms with E-state index in [2.05, 4.69) is 10.1 Å². The van der Waals surface area contributed by atoms with E-state index in [1.165, 1.54) is 0 Å². The van der Waals surface area contributed by atoms with Crippen molar-refractivity contribution >= 4 is 22.0 Å². The molecule has 2 atom stereocenters. The van der Waals surface area contributed by atoms with Crippen molar-refractivity contribution in [2.75, 3.05) is 49.9 Å². The summed E-state index contributed by atoms with van der Waals surface area (Å²) in [5.74, 6) is -0.940. The van der Waals surface area contributed by atoms with E-state index in [0.717, 1.165) is 15.6 Å². The lowest BCUT2D eigenvalue weighted by molar-refractivity contribution is -0.117. The summed E-state index contributed by atoms with van der Waals surface area (Å²) in [6.07, 6.45) is -5.17. The summed E-state index contributed by atoms with van der Waals surface area (Å²) >= 11 is 0. The summed E-state index contributed by atoms with van der Waals surface area (Å²) in [6, 6.07) is 7.28. The molecule has 0 radical (unpaired) electrons. The van der Waals surface area contributed by atoms with Crippen molar-refractivity contribution in [3.05, 3.63) is 30.2 Å². The smallest absolute Gasteiger partial charge is 0.345 e. The van der Waals surface area contributed by atoms with Gasteiger partial charge in [0, 0.05) is 57.4 Å². The summed E-state index contributed by atoms with van der Waals surface area (Å²) < 4.78 is 73.2. The number of nitrogens with zero attached hydrogens (tertiary/aromatic N) is 5.